The van der Waals surface area contributed by atoms with Gasteiger partial charge in [-0.2, -0.15) is 4.99 Å². The van der Waals surface area contributed by atoms with E-state index in [0.717, 1.165) is 0 Å². The summed E-state index contributed by atoms with van der Waals surface area (Å²) in [6, 6.07) is 0. The summed E-state index contributed by atoms with van der Waals surface area (Å²) in [4.78, 5) is 15.8. The molecule has 0 heterocycles. The van der Waals surface area contributed by atoms with Gasteiger partial charge in [0, 0.05) is 13.0 Å². The molecule has 1 aliphatic rings. The molecule has 0 spiro atoms. The summed E-state index contributed by atoms with van der Waals surface area (Å²) in [5.74, 6) is -0.400. The number of aliphatic imine (C=N–C) groups is 1. The van der Waals surface area contributed by atoms with Gasteiger partial charge in [-0.15, -0.1) is 0 Å². The molecule has 0 amide bonds. The van der Waals surface area contributed by atoms with Crippen LogP contribution < -0.4 is 0 Å². The van der Waals surface area contributed by atoms with Crippen molar-refractivity contribution < 1.29 is 14.3 Å². The standard InChI is InChI=1S/C12H15NO3S/c1-3-15-11(14)12(16-4-2)7-5-6-10(8-12)13-9-17/h5-7H,3-4,8H2,1-2H3. The second-order valence-corrected chi connectivity index (χ2v) is 3.62. The van der Waals surface area contributed by atoms with E-state index < -0.39 is 11.6 Å². The van der Waals surface area contributed by atoms with Crippen molar-refractivity contribution in [2.24, 2.45) is 4.99 Å². The normalized spacial score (nSPS) is 22.6. The SMILES string of the molecule is CCOC(=O)C1(OCC)C=CC=C(N=C=S)C1. The van der Waals surface area contributed by atoms with Crippen LogP contribution in [0.1, 0.15) is 20.3 Å². The molecule has 1 rings (SSSR count). The minimum absolute atomic E-state index is 0.316. The molecule has 0 aliphatic heterocycles. The van der Waals surface area contributed by atoms with Crippen molar-refractivity contribution in [1.29, 1.82) is 0 Å². The first kappa shape index (κ1) is 13.8. The first-order valence-electron chi connectivity index (χ1n) is 5.46. The summed E-state index contributed by atoms with van der Waals surface area (Å²) < 4.78 is 10.6. The predicted octanol–water partition coefficient (Wildman–Crippen LogP) is 2.27. The van der Waals surface area contributed by atoms with Gasteiger partial charge in [-0.05, 0) is 38.2 Å². The molecule has 1 unspecified atom stereocenters. The van der Waals surface area contributed by atoms with Crippen LogP contribution in [0, 0.1) is 0 Å². The van der Waals surface area contributed by atoms with Crippen LogP contribution in [0.25, 0.3) is 0 Å². The van der Waals surface area contributed by atoms with E-state index in [4.69, 9.17) is 9.47 Å². The van der Waals surface area contributed by atoms with E-state index >= 15 is 0 Å². The maximum atomic E-state index is 11.9. The van der Waals surface area contributed by atoms with Gasteiger partial charge in [-0.25, -0.2) is 4.79 Å². The van der Waals surface area contributed by atoms with Crippen molar-refractivity contribution in [3.8, 4) is 0 Å². The largest absolute Gasteiger partial charge is 0.464 e. The Morgan fingerprint density at radius 1 is 1.59 bits per heavy atom. The minimum atomic E-state index is -1.08. The fourth-order valence-corrected chi connectivity index (χ4v) is 1.76. The molecule has 92 valence electrons. The lowest BCUT2D eigenvalue weighted by atomic mass is 9.93. The van der Waals surface area contributed by atoms with Crippen molar-refractivity contribution >= 4 is 23.3 Å². The Morgan fingerprint density at radius 2 is 2.35 bits per heavy atom. The molecule has 0 aromatic carbocycles. The smallest absolute Gasteiger partial charge is 0.342 e. The topological polar surface area (TPSA) is 47.9 Å². The number of rotatable bonds is 5. The van der Waals surface area contributed by atoms with Crippen molar-refractivity contribution in [2.45, 2.75) is 25.9 Å². The summed E-state index contributed by atoms with van der Waals surface area (Å²) in [5, 5.41) is 2.29. The van der Waals surface area contributed by atoms with E-state index in [1.807, 2.05) is 6.92 Å². The predicted molar refractivity (Wildman–Crippen MR) is 67.9 cm³/mol. The highest BCUT2D eigenvalue weighted by Gasteiger charge is 2.40. The van der Waals surface area contributed by atoms with Gasteiger partial charge in [-0.3, -0.25) is 0 Å². The Hall–Kier alpha value is -1.29. The Morgan fingerprint density at radius 3 is 2.94 bits per heavy atom. The Labute approximate surface area is 106 Å². The number of hydrogen-bond acceptors (Lipinski definition) is 5. The molecular formula is C12H15NO3S. The third kappa shape index (κ3) is 3.33. The summed E-state index contributed by atoms with van der Waals surface area (Å²) >= 11 is 4.55. The van der Waals surface area contributed by atoms with Crippen LogP contribution in [0.3, 0.4) is 0 Å². The first-order chi connectivity index (χ1) is 8.18. The van der Waals surface area contributed by atoms with Crippen molar-refractivity contribution in [3.05, 3.63) is 23.9 Å². The van der Waals surface area contributed by atoms with Gasteiger partial charge in [0.2, 0.25) is 0 Å². The van der Waals surface area contributed by atoms with Gasteiger partial charge in [0.15, 0.2) is 5.60 Å². The van der Waals surface area contributed by atoms with Crippen LogP contribution in [-0.2, 0) is 14.3 Å². The third-order valence-corrected chi connectivity index (χ3v) is 2.40. The molecule has 0 saturated heterocycles. The zero-order chi connectivity index (χ0) is 12.7. The zero-order valence-electron chi connectivity index (χ0n) is 9.93. The molecule has 0 aromatic rings. The third-order valence-electron chi connectivity index (χ3n) is 2.31. The summed E-state index contributed by atoms with van der Waals surface area (Å²) in [5.41, 5.74) is -0.422. The first-order valence-corrected chi connectivity index (χ1v) is 5.86. The maximum absolute atomic E-state index is 11.9. The molecule has 0 saturated carbocycles. The highest BCUT2D eigenvalue weighted by molar-refractivity contribution is 7.78. The average Bonchev–Trinajstić information content (AvgIpc) is 2.30. The molecule has 0 aromatic heterocycles. The van der Waals surface area contributed by atoms with Gasteiger partial charge in [0.1, 0.15) is 0 Å². The van der Waals surface area contributed by atoms with Crippen LogP contribution >= 0.6 is 12.2 Å². The molecule has 4 nitrogen and oxygen atoms in total. The van der Waals surface area contributed by atoms with Crippen LogP contribution in [0.4, 0.5) is 0 Å². The number of carbonyl (C=O) groups is 1. The average molecular weight is 253 g/mol. The number of thiocarbonyl (C=S) groups is 1. The van der Waals surface area contributed by atoms with Crippen molar-refractivity contribution in [2.75, 3.05) is 13.2 Å². The van der Waals surface area contributed by atoms with Gasteiger partial charge < -0.3 is 9.47 Å². The zero-order valence-corrected chi connectivity index (χ0v) is 10.8. The lowest BCUT2D eigenvalue weighted by Gasteiger charge is -2.29. The van der Waals surface area contributed by atoms with E-state index in [0.29, 0.717) is 25.3 Å². The Bertz CT molecular complexity index is 397. The second-order valence-electron chi connectivity index (χ2n) is 3.44. The van der Waals surface area contributed by atoms with E-state index in [1.54, 1.807) is 25.2 Å². The van der Waals surface area contributed by atoms with Gasteiger partial charge in [-0.1, -0.05) is 6.08 Å². The van der Waals surface area contributed by atoms with Crippen molar-refractivity contribution in [3.63, 3.8) is 0 Å². The number of ether oxygens (including phenoxy) is 2. The lowest BCUT2D eigenvalue weighted by Crippen LogP contribution is -2.42. The fraction of sp³-hybridized carbons (Fsp3) is 0.500. The summed E-state index contributed by atoms with van der Waals surface area (Å²) in [6.07, 6.45) is 5.51. The van der Waals surface area contributed by atoms with Crippen molar-refractivity contribution in [1.82, 2.24) is 0 Å². The number of esters is 1. The number of isothiocyanates is 1. The molecule has 5 heteroatoms. The van der Waals surface area contributed by atoms with E-state index in [1.165, 1.54) is 0 Å². The maximum Gasteiger partial charge on any atom is 0.342 e. The Balaban J connectivity index is 2.95. The highest BCUT2D eigenvalue weighted by atomic mass is 32.1. The van der Waals surface area contributed by atoms with Crippen LogP contribution in [0.5, 0.6) is 0 Å². The van der Waals surface area contributed by atoms with Gasteiger partial charge in [0.05, 0.1) is 17.5 Å². The van der Waals surface area contributed by atoms with Gasteiger partial charge >= 0.3 is 5.97 Å². The summed E-state index contributed by atoms with van der Waals surface area (Å²) in [7, 11) is 0. The van der Waals surface area contributed by atoms with Crippen LogP contribution in [-0.4, -0.2) is 29.9 Å². The molecule has 1 atom stereocenters. The molecule has 0 N–H and O–H groups in total. The van der Waals surface area contributed by atoms with E-state index in [9.17, 15) is 4.79 Å². The highest BCUT2D eigenvalue weighted by Crippen LogP contribution is 2.29. The summed E-state index contributed by atoms with van der Waals surface area (Å²) in [6.45, 7) is 4.32. The molecule has 0 fully saturated rings. The fourth-order valence-electron chi connectivity index (χ4n) is 1.65. The monoisotopic (exact) mass is 253 g/mol. The lowest BCUT2D eigenvalue weighted by molar-refractivity contribution is -0.165. The number of hydrogen-bond donors (Lipinski definition) is 0. The molecule has 0 radical (unpaired) electrons. The molecular weight excluding hydrogens is 238 g/mol. The van der Waals surface area contributed by atoms with Crippen LogP contribution in [0.15, 0.2) is 28.9 Å². The number of nitrogens with zero attached hydrogens (tertiary/aromatic N) is 1. The van der Waals surface area contributed by atoms with E-state index in [-0.39, 0.29) is 0 Å². The minimum Gasteiger partial charge on any atom is -0.464 e. The number of carbonyl (C=O) groups excluding carboxylic acids is 1. The Kier molecular flexibility index (Phi) is 5.22. The quantitative estimate of drug-likeness (QED) is 0.428. The molecule has 0 bridgehead atoms. The number of allylic oxidation sites excluding steroid dienone is 2. The van der Waals surface area contributed by atoms with Crippen LogP contribution in [0.2, 0.25) is 0 Å². The molecule has 17 heavy (non-hydrogen) atoms. The van der Waals surface area contributed by atoms with Gasteiger partial charge in [0.25, 0.3) is 0 Å². The van der Waals surface area contributed by atoms with E-state index in [2.05, 4.69) is 22.4 Å². The second kappa shape index (κ2) is 6.45. The molecule has 1 aliphatic carbocycles.